The summed E-state index contributed by atoms with van der Waals surface area (Å²) in [4.78, 5) is 16.3. The number of carbonyl (C=O) groups is 1. The van der Waals surface area contributed by atoms with Gasteiger partial charge in [0.25, 0.3) is 5.22 Å². The first kappa shape index (κ1) is 17.0. The fourth-order valence-electron chi connectivity index (χ4n) is 1.70. The molecule has 0 aromatic carbocycles. The highest BCUT2D eigenvalue weighted by molar-refractivity contribution is 7.99. The number of carbonyl (C=O) groups excluding carboxylic acids is 1. The second-order valence-corrected chi connectivity index (χ2v) is 5.88. The molecule has 0 amide bonds. The smallest absolute Gasteiger partial charge is 0.326 e. The highest BCUT2D eigenvalue weighted by Gasteiger charge is 2.33. The molecule has 1 unspecified atom stereocenters. The van der Waals surface area contributed by atoms with Crippen molar-refractivity contribution in [3.05, 3.63) is 12.0 Å². The number of esters is 1. The molecule has 0 radical (unpaired) electrons. The van der Waals surface area contributed by atoms with Gasteiger partial charge in [-0.25, -0.2) is 4.98 Å². The molecule has 1 aromatic rings. The van der Waals surface area contributed by atoms with Gasteiger partial charge in [0.15, 0.2) is 0 Å². The van der Waals surface area contributed by atoms with E-state index in [-0.39, 0.29) is 5.97 Å². The number of thioether (sulfide) groups is 1. The van der Waals surface area contributed by atoms with E-state index in [0.29, 0.717) is 18.3 Å². The minimum Gasteiger partial charge on any atom is -0.465 e. The van der Waals surface area contributed by atoms with Gasteiger partial charge in [-0.1, -0.05) is 18.7 Å². The van der Waals surface area contributed by atoms with Crippen LogP contribution in [-0.4, -0.2) is 35.4 Å². The maximum atomic E-state index is 12.1. The van der Waals surface area contributed by atoms with Crippen LogP contribution in [0.25, 0.3) is 0 Å². The Morgan fingerprint density at radius 2 is 2.30 bits per heavy atom. The Labute approximate surface area is 124 Å². The summed E-state index contributed by atoms with van der Waals surface area (Å²) >= 11 is 1.51. The largest absolute Gasteiger partial charge is 0.465 e. The molecule has 1 atom stereocenters. The third-order valence-corrected chi connectivity index (χ3v) is 3.76. The Kier molecular flexibility index (Phi) is 7.09. The van der Waals surface area contributed by atoms with Crippen molar-refractivity contribution >= 4 is 17.7 Å². The molecule has 1 rings (SSSR count). The SMILES string of the molecule is CCCNC(C)(CCSc1nc(C)co1)C(=O)OCC. The fraction of sp³-hybridized carbons (Fsp3) is 0.714. The minimum absolute atomic E-state index is 0.197. The summed E-state index contributed by atoms with van der Waals surface area (Å²) in [7, 11) is 0. The second-order valence-electron chi connectivity index (χ2n) is 4.83. The van der Waals surface area contributed by atoms with Gasteiger partial charge < -0.3 is 14.5 Å². The zero-order valence-electron chi connectivity index (χ0n) is 12.7. The van der Waals surface area contributed by atoms with E-state index in [0.717, 1.165) is 24.4 Å². The van der Waals surface area contributed by atoms with E-state index in [1.165, 1.54) is 11.8 Å². The summed E-state index contributed by atoms with van der Waals surface area (Å²) in [6.07, 6.45) is 3.27. The summed E-state index contributed by atoms with van der Waals surface area (Å²) in [5.74, 6) is 0.545. The van der Waals surface area contributed by atoms with Crippen molar-refractivity contribution < 1.29 is 13.9 Å². The maximum Gasteiger partial charge on any atom is 0.326 e. The third-order valence-electron chi connectivity index (χ3n) is 2.92. The number of ether oxygens (including phenoxy) is 1. The summed E-state index contributed by atoms with van der Waals surface area (Å²) < 4.78 is 10.4. The molecule has 5 nitrogen and oxygen atoms in total. The quantitative estimate of drug-likeness (QED) is 0.559. The first-order valence-electron chi connectivity index (χ1n) is 6.99. The van der Waals surface area contributed by atoms with Gasteiger partial charge in [0, 0.05) is 5.75 Å². The number of hydrogen-bond acceptors (Lipinski definition) is 6. The Morgan fingerprint density at radius 1 is 1.55 bits per heavy atom. The van der Waals surface area contributed by atoms with Crippen LogP contribution in [0.3, 0.4) is 0 Å². The van der Waals surface area contributed by atoms with Gasteiger partial charge in [-0.05, 0) is 40.2 Å². The molecule has 0 aliphatic rings. The highest BCUT2D eigenvalue weighted by atomic mass is 32.2. The van der Waals surface area contributed by atoms with Crippen LogP contribution in [0.2, 0.25) is 0 Å². The predicted octanol–water partition coefficient (Wildman–Crippen LogP) is 2.79. The Bertz CT molecular complexity index is 422. The first-order valence-corrected chi connectivity index (χ1v) is 7.97. The average molecular weight is 300 g/mol. The van der Waals surface area contributed by atoms with Gasteiger partial charge >= 0.3 is 5.97 Å². The number of nitrogens with one attached hydrogen (secondary N) is 1. The van der Waals surface area contributed by atoms with Gasteiger partial charge in [0.2, 0.25) is 0 Å². The Balaban J connectivity index is 2.53. The van der Waals surface area contributed by atoms with E-state index in [1.54, 1.807) is 6.26 Å². The highest BCUT2D eigenvalue weighted by Crippen LogP contribution is 2.22. The molecule has 20 heavy (non-hydrogen) atoms. The van der Waals surface area contributed by atoms with Crippen LogP contribution in [0.5, 0.6) is 0 Å². The van der Waals surface area contributed by atoms with E-state index >= 15 is 0 Å². The van der Waals surface area contributed by atoms with Crippen LogP contribution in [0.1, 0.15) is 39.3 Å². The number of nitrogens with zero attached hydrogens (tertiary/aromatic N) is 1. The van der Waals surface area contributed by atoms with Crippen molar-refractivity contribution in [2.75, 3.05) is 18.9 Å². The van der Waals surface area contributed by atoms with Gasteiger partial charge in [0.05, 0.1) is 12.3 Å². The Hall–Kier alpha value is -1.01. The molecular weight excluding hydrogens is 276 g/mol. The lowest BCUT2D eigenvalue weighted by Gasteiger charge is -2.28. The molecular formula is C14H24N2O3S. The number of oxazole rings is 1. The van der Waals surface area contributed by atoms with Crippen LogP contribution in [0, 0.1) is 6.92 Å². The van der Waals surface area contributed by atoms with E-state index in [9.17, 15) is 4.79 Å². The number of aryl methyl sites for hydroxylation is 1. The topological polar surface area (TPSA) is 64.4 Å². The van der Waals surface area contributed by atoms with Crippen molar-refractivity contribution in [1.82, 2.24) is 10.3 Å². The molecule has 0 spiro atoms. The zero-order valence-corrected chi connectivity index (χ0v) is 13.5. The van der Waals surface area contributed by atoms with Gasteiger partial charge in [0.1, 0.15) is 11.8 Å². The van der Waals surface area contributed by atoms with E-state index in [2.05, 4.69) is 17.2 Å². The molecule has 1 heterocycles. The standard InChI is InChI=1S/C14H24N2O3S/c1-5-8-15-14(4,12(17)18-6-2)7-9-20-13-16-11(3)10-19-13/h10,15H,5-9H2,1-4H3. The van der Waals surface area contributed by atoms with E-state index < -0.39 is 5.54 Å². The van der Waals surface area contributed by atoms with Gasteiger partial charge in [-0.2, -0.15) is 0 Å². The minimum atomic E-state index is -0.652. The molecule has 0 aliphatic carbocycles. The van der Waals surface area contributed by atoms with Crippen molar-refractivity contribution in [3.8, 4) is 0 Å². The Morgan fingerprint density at radius 3 is 2.85 bits per heavy atom. The lowest BCUT2D eigenvalue weighted by molar-refractivity contribution is -0.150. The van der Waals surface area contributed by atoms with Crippen LogP contribution in [0.15, 0.2) is 15.9 Å². The normalized spacial score (nSPS) is 14.0. The summed E-state index contributed by atoms with van der Waals surface area (Å²) in [6.45, 7) is 8.86. The fourth-order valence-corrected chi connectivity index (χ4v) is 2.70. The summed E-state index contributed by atoms with van der Waals surface area (Å²) in [5, 5.41) is 3.93. The van der Waals surface area contributed by atoms with Crippen molar-refractivity contribution in [2.45, 2.75) is 51.3 Å². The van der Waals surface area contributed by atoms with Crippen LogP contribution in [-0.2, 0) is 9.53 Å². The molecule has 1 aromatic heterocycles. The molecule has 0 saturated carbocycles. The van der Waals surface area contributed by atoms with Crippen molar-refractivity contribution in [2.24, 2.45) is 0 Å². The molecule has 1 N–H and O–H groups in total. The molecule has 6 heteroatoms. The summed E-state index contributed by atoms with van der Waals surface area (Å²) in [5.41, 5.74) is 0.213. The van der Waals surface area contributed by atoms with Gasteiger partial charge in [-0.15, -0.1) is 0 Å². The van der Waals surface area contributed by atoms with E-state index in [1.807, 2.05) is 20.8 Å². The zero-order chi connectivity index (χ0) is 15.0. The van der Waals surface area contributed by atoms with Crippen molar-refractivity contribution in [3.63, 3.8) is 0 Å². The maximum absolute atomic E-state index is 12.1. The van der Waals surface area contributed by atoms with Crippen LogP contribution in [0.4, 0.5) is 0 Å². The molecule has 114 valence electrons. The van der Waals surface area contributed by atoms with Crippen molar-refractivity contribution in [1.29, 1.82) is 0 Å². The second kappa shape index (κ2) is 8.32. The lowest BCUT2D eigenvalue weighted by Crippen LogP contribution is -2.51. The molecule has 0 fully saturated rings. The molecule has 0 saturated heterocycles. The third kappa shape index (κ3) is 5.17. The number of hydrogen-bond donors (Lipinski definition) is 1. The average Bonchev–Trinajstić information content (AvgIpc) is 2.82. The number of rotatable bonds is 9. The predicted molar refractivity (Wildman–Crippen MR) is 79.9 cm³/mol. The molecule has 0 aliphatic heterocycles. The van der Waals surface area contributed by atoms with Crippen LogP contribution < -0.4 is 5.32 Å². The van der Waals surface area contributed by atoms with Gasteiger partial charge in [-0.3, -0.25) is 4.79 Å². The van der Waals surface area contributed by atoms with Crippen LogP contribution >= 0.6 is 11.8 Å². The monoisotopic (exact) mass is 300 g/mol. The lowest BCUT2D eigenvalue weighted by atomic mass is 9.99. The summed E-state index contributed by atoms with van der Waals surface area (Å²) in [6, 6.07) is 0. The first-order chi connectivity index (χ1) is 9.51. The molecule has 0 bridgehead atoms. The number of aromatic nitrogens is 1. The van der Waals surface area contributed by atoms with E-state index in [4.69, 9.17) is 9.15 Å².